The summed E-state index contributed by atoms with van der Waals surface area (Å²) in [5, 5.41) is 0. The molecule has 2 rings (SSSR count). The Balaban J connectivity index is 2.05. The van der Waals surface area contributed by atoms with Gasteiger partial charge in [0.25, 0.3) is 11.8 Å². The molecule has 8 heteroatoms. The molecule has 21 heavy (non-hydrogen) atoms. The molecule has 0 saturated carbocycles. The first-order chi connectivity index (χ1) is 10.0. The van der Waals surface area contributed by atoms with E-state index in [2.05, 4.69) is 26.8 Å². The number of halogens is 2. The molecule has 1 aromatic carbocycles. The van der Waals surface area contributed by atoms with Gasteiger partial charge >= 0.3 is 0 Å². The summed E-state index contributed by atoms with van der Waals surface area (Å²) in [6.45, 7) is 0. The standard InChI is InChI=1S/C13H10BrFN2O3S/c1-20-9-3-2-7(15)6-8(9)12(18)16-17-13(19)10-4-5-11(14)21-10/h2-6H,1H3,(H,16,18)(H,17,19). The van der Waals surface area contributed by atoms with Gasteiger partial charge in [-0.2, -0.15) is 0 Å². The highest BCUT2D eigenvalue weighted by Gasteiger charge is 2.15. The van der Waals surface area contributed by atoms with E-state index < -0.39 is 17.6 Å². The highest BCUT2D eigenvalue weighted by molar-refractivity contribution is 9.11. The normalized spacial score (nSPS) is 10.0. The van der Waals surface area contributed by atoms with Crippen LogP contribution in [0, 0.1) is 5.82 Å². The molecular weight excluding hydrogens is 363 g/mol. The van der Waals surface area contributed by atoms with Gasteiger partial charge in [-0.3, -0.25) is 20.4 Å². The monoisotopic (exact) mass is 372 g/mol. The van der Waals surface area contributed by atoms with Gasteiger partial charge in [-0.25, -0.2) is 4.39 Å². The molecule has 1 aromatic heterocycles. The van der Waals surface area contributed by atoms with Crippen LogP contribution in [0.2, 0.25) is 0 Å². The van der Waals surface area contributed by atoms with Gasteiger partial charge in [-0.1, -0.05) is 0 Å². The summed E-state index contributed by atoms with van der Waals surface area (Å²) >= 11 is 4.46. The molecule has 1 heterocycles. The Morgan fingerprint density at radius 2 is 1.90 bits per heavy atom. The molecule has 0 saturated heterocycles. The van der Waals surface area contributed by atoms with Gasteiger partial charge in [0.05, 0.1) is 21.3 Å². The molecule has 0 bridgehead atoms. The van der Waals surface area contributed by atoms with Crippen LogP contribution >= 0.6 is 27.3 Å². The molecule has 0 unspecified atom stereocenters. The number of hydrogen-bond acceptors (Lipinski definition) is 4. The minimum absolute atomic E-state index is 0.00911. The summed E-state index contributed by atoms with van der Waals surface area (Å²) in [7, 11) is 1.37. The maximum absolute atomic E-state index is 13.2. The first kappa shape index (κ1) is 15.5. The van der Waals surface area contributed by atoms with Crippen molar-refractivity contribution in [1.82, 2.24) is 10.9 Å². The molecule has 0 radical (unpaired) electrons. The molecule has 0 fully saturated rings. The highest BCUT2D eigenvalue weighted by Crippen LogP contribution is 2.22. The van der Waals surface area contributed by atoms with Crippen LogP contribution in [0.25, 0.3) is 0 Å². The lowest BCUT2D eigenvalue weighted by atomic mass is 10.2. The second-order valence-corrected chi connectivity index (χ2v) is 6.32. The molecule has 2 amide bonds. The molecular formula is C13H10BrFN2O3S. The van der Waals surface area contributed by atoms with Gasteiger partial charge in [0, 0.05) is 0 Å². The van der Waals surface area contributed by atoms with Crippen molar-refractivity contribution in [3.8, 4) is 5.75 Å². The van der Waals surface area contributed by atoms with E-state index in [9.17, 15) is 14.0 Å². The summed E-state index contributed by atoms with van der Waals surface area (Å²) in [5.41, 5.74) is 4.46. The average molecular weight is 373 g/mol. The lowest BCUT2D eigenvalue weighted by Crippen LogP contribution is -2.41. The Hall–Kier alpha value is -1.93. The van der Waals surface area contributed by atoms with Gasteiger partial charge in [-0.15, -0.1) is 11.3 Å². The number of ether oxygens (including phenoxy) is 1. The van der Waals surface area contributed by atoms with Gasteiger partial charge < -0.3 is 4.74 Å². The summed E-state index contributed by atoms with van der Waals surface area (Å²) in [6, 6.07) is 6.87. The smallest absolute Gasteiger partial charge is 0.279 e. The minimum Gasteiger partial charge on any atom is -0.496 e. The molecule has 0 aliphatic heterocycles. The van der Waals surface area contributed by atoms with Crippen molar-refractivity contribution in [2.24, 2.45) is 0 Å². The van der Waals surface area contributed by atoms with E-state index in [0.717, 1.165) is 9.85 Å². The van der Waals surface area contributed by atoms with Gasteiger partial charge in [0.2, 0.25) is 0 Å². The summed E-state index contributed by atoms with van der Waals surface area (Å²) < 4.78 is 19.0. The third-order valence-electron chi connectivity index (χ3n) is 2.49. The molecule has 0 aliphatic carbocycles. The summed E-state index contributed by atoms with van der Waals surface area (Å²) in [5.74, 6) is -1.50. The molecule has 2 N–H and O–H groups in total. The zero-order valence-corrected chi connectivity index (χ0v) is 13.2. The van der Waals surface area contributed by atoms with E-state index in [1.165, 1.54) is 30.6 Å². The number of carbonyl (C=O) groups excluding carboxylic acids is 2. The predicted octanol–water partition coefficient (Wildman–Crippen LogP) is 2.73. The third-order valence-corrected chi connectivity index (χ3v) is 4.12. The number of amides is 2. The van der Waals surface area contributed by atoms with Crippen molar-refractivity contribution in [3.05, 3.63) is 50.4 Å². The van der Waals surface area contributed by atoms with E-state index in [4.69, 9.17) is 4.74 Å². The fraction of sp³-hybridized carbons (Fsp3) is 0.0769. The fourth-order valence-corrected chi connectivity index (χ4v) is 2.82. The van der Waals surface area contributed by atoms with Crippen molar-refractivity contribution in [3.63, 3.8) is 0 Å². The van der Waals surface area contributed by atoms with Crippen LogP contribution in [-0.4, -0.2) is 18.9 Å². The van der Waals surface area contributed by atoms with Crippen molar-refractivity contribution in [1.29, 1.82) is 0 Å². The zero-order valence-electron chi connectivity index (χ0n) is 10.8. The van der Waals surface area contributed by atoms with Crippen LogP contribution in [0.15, 0.2) is 34.1 Å². The first-order valence-corrected chi connectivity index (χ1v) is 7.32. The van der Waals surface area contributed by atoms with Crippen molar-refractivity contribution < 1.29 is 18.7 Å². The summed E-state index contributed by atoms with van der Waals surface area (Å²) in [4.78, 5) is 24.1. The number of thiophene rings is 1. The Morgan fingerprint density at radius 3 is 2.52 bits per heavy atom. The molecule has 5 nitrogen and oxygen atoms in total. The predicted molar refractivity (Wildman–Crippen MR) is 79.9 cm³/mol. The fourth-order valence-electron chi connectivity index (χ4n) is 1.54. The number of hydrazine groups is 1. The highest BCUT2D eigenvalue weighted by atomic mass is 79.9. The van der Waals surface area contributed by atoms with Crippen molar-refractivity contribution in [2.75, 3.05) is 7.11 Å². The SMILES string of the molecule is COc1ccc(F)cc1C(=O)NNC(=O)c1ccc(Br)s1. The number of methoxy groups -OCH3 is 1. The Labute approximate surface area is 132 Å². The Kier molecular flexibility index (Phi) is 4.92. The van der Waals surface area contributed by atoms with Crippen molar-refractivity contribution in [2.45, 2.75) is 0 Å². The lowest BCUT2D eigenvalue weighted by Gasteiger charge is -2.09. The maximum atomic E-state index is 13.2. The van der Waals surface area contributed by atoms with Crippen LogP contribution < -0.4 is 15.6 Å². The Morgan fingerprint density at radius 1 is 1.19 bits per heavy atom. The molecule has 0 atom stereocenters. The van der Waals surface area contributed by atoms with E-state index >= 15 is 0 Å². The van der Waals surface area contributed by atoms with E-state index in [0.29, 0.717) is 4.88 Å². The summed E-state index contributed by atoms with van der Waals surface area (Å²) in [6.07, 6.45) is 0. The molecule has 110 valence electrons. The second kappa shape index (κ2) is 6.68. The van der Waals surface area contributed by atoms with E-state index in [-0.39, 0.29) is 11.3 Å². The number of carbonyl (C=O) groups is 2. The lowest BCUT2D eigenvalue weighted by molar-refractivity contribution is 0.0847. The Bertz CT molecular complexity index is 690. The van der Waals surface area contributed by atoms with Crippen LogP contribution in [0.5, 0.6) is 5.75 Å². The zero-order chi connectivity index (χ0) is 15.4. The van der Waals surface area contributed by atoms with Gasteiger partial charge in [0.15, 0.2) is 0 Å². The van der Waals surface area contributed by atoms with Crippen LogP contribution in [0.3, 0.4) is 0 Å². The third kappa shape index (κ3) is 3.79. The number of hydrogen-bond donors (Lipinski definition) is 2. The van der Waals surface area contributed by atoms with E-state index in [1.807, 2.05) is 0 Å². The number of rotatable bonds is 3. The molecule has 2 aromatic rings. The molecule has 0 aliphatic rings. The number of benzene rings is 1. The molecule has 0 spiro atoms. The van der Waals surface area contributed by atoms with Crippen LogP contribution in [0.1, 0.15) is 20.0 Å². The first-order valence-electron chi connectivity index (χ1n) is 5.71. The second-order valence-electron chi connectivity index (χ2n) is 3.86. The van der Waals surface area contributed by atoms with Crippen molar-refractivity contribution >= 4 is 39.1 Å². The van der Waals surface area contributed by atoms with E-state index in [1.54, 1.807) is 12.1 Å². The maximum Gasteiger partial charge on any atom is 0.279 e. The van der Waals surface area contributed by atoms with Crippen LogP contribution in [-0.2, 0) is 0 Å². The van der Waals surface area contributed by atoms with Gasteiger partial charge in [0.1, 0.15) is 11.6 Å². The largest absolute Gasteiger partial charge is 0.496 e. The van der Waals surface area contributed by atoms with Gasteiger partial charge in [-0.05, 0) is 46.3 Å². The van der Waals surface area contributed by atoms with Crippen LogP contribution in [0.4, 0.5) is 4.39 Å². The number of nitrogens with one attached hydrogen (secondary N) is 2. The topological polar surface area (TPSA) is 67.4 Å². The quantitative estimate of drug-likeness (QED) is 0.814. The minimum atomic E-state index is -0.671. The average Bonchev–Trinajstić information content (AvgIpc) is 2.91.